The van der Waals surface area contributed by atoms with Crippen LogP contribution in [0.3, 0.4) is 0 Å². The molecule has 0 aromatic heterocycles. The quantitative estimate of drug-likeness (QED) is 0.377. The van der Waals surface area contributed by atoms with Crippen LogP contribution in [0.1, 0.15) is 59.3 Å². The Hall–Kier alpha value is -0.0831. The topological polar surface area (TPSA) is 12.0 Å². The summed E-state index contributed by atoms with van der Waals surface area (Å²) in [6.45, 7) is 11.8. The van der Waals surface area contributed by atoms with Crippen molar-refractivity contribution in [2.45, 2.75) is 77.4 Å². The van der Waals surface area contributed by atoms with Gasteiger partial charge in [-0.1, -0.05) is 65.4 Å². The molecule has 0 rings (SSSR count). The molecule has 0 bridgehead atoms. The van der Waals surface area contributed by atoms with E-state index in [-0.39, 0.29) is 0 Å². The molecule has 0 aliphatic rings. The molecular weight excluding hydrogens is 222 g/mol. The lowest BCUT2D eigenvalue weighted by atomic mass is 10.4. The zero-order valence-electron chi connectivity index (χ0n) is 12.4. The highest BCUT2D eigenvalue weighted by Gasteiger charge is 2.30. The van der Waals surface area contributed by atoms with Gasteiger partial charge in [0.25, 0.3) is 0 Å². The fourth-order valence-electron chi connectivity index (χ4n) is 2.47. The minimum absolute atomic E-state index is 1.02. The molecule has 0 aliphatic carbocycles. The SMILES string of the molecule is C=CCN[Si](CCCC)(CCCC)CCCC. The third-order valence-corrected chi connectivity index (χ3v) is 8.53. The van der Waals surface area contributed by atoms with Crippen LogP contribution in [-0.2, 0) is 0 Å². The summed E-state index contributed by atoms with van der Waals surface area (Å²) in [6.07, 6.45) is 10.3. The van der Waals surface area contributed by atoms with Crippen molar-refractivity contribution in [3.8, 4) is 0 Å². The summed E-state index contributed by atoms with van der Waals surface area (Å²) in [7, 11) is -1.20. The third kappa shape index (κ3) is 7.77. The molecular formula is C15H33NSi. The van der Waals surface area contributed by atoms with Crippen LogP contribution in [0, 0.1) is 0 Å². The Morgan fingerprint density at radius 2 is 1.29 bits per heavy atom. The van der Waals surface area contributed by atoms with Gasteiger partial charge in [-0.05, 0) is 18.1 Å². The monoisotopic (exact) mass is 255 g/mol. The normalized spacial score (nSPS) is 11.7. The van der Waals surface area contributed by atoms with Crippen LogP contribution in [0.25, 0.3) is 0 Å². The van der Waals surface area contributed by atoms with Crippen molar-refractivity contribution in [3.63, 3.8) is 0 Å². The summed E-state index contributed by atoms with van der Waals surface area (Å²) in [5.41, 5.74) is 0. The van der Waals surface area contributed by atoms with E-state index < -0.39 is 8.24 Å². The summed E-state index contributed by atoms with van der Waals surface area (Å²) in [4.78, 5) is 3.91. The number of hydrogen-bond acceptors (Lipinski definition) is 1. The predicted octanol–water partition coefficient (Wildman–Crippen LogP) is 5.11. The van der Waals surface area contributed by atoms with Gasteiger partial charge in [-0.2, -0.15) is 0 Å². The first-order valence-corrected chi connectivity index (χ1v) is 10.2. The van der Waals surface area contributed by atoms with Gasteiger partial charge in [0.1, 0.15) is 8.24 Å². The van der Waals surface area contributed by atoms with Crippen molar-refractivity contribution in [2.24, 2.45) is 0 Å². The van der Waals surface area contributed by atoms with Gasteiger partial charge in [0.05, 0.1) is 0 Å². The lowest BCUT2D eigenvalue weighted by molar-refractivity contribution is 0.761. The Kier molecular flexibility index (Phi) is 11.0. The molecule has 1 N–H and O–H groups in total. The van der Waals surface area contributed by atoms with Crippen LogP contribution < -0.4 is 4.98 Å². The van der Waals surface area contributed by atoms with E-state index in [1.165, 1.54) is 56.7 Å². The second-order valence-corrected chi connectivity index (χ2v) is 9.67. The fourth-order valence-corrected chi connectivity index (χ4v) is 7.42. The molecule has 0 saturated carbocycles. The van der Waals surface area contributed by atoms with E-state index in [1.807, 2.05) is 6.08 Å². The van der Waals surface area contributed by atoms with Gasteiger partial charge in [0.2, 0.25) is 0 Å². The smallest absolute Gasteiger partial charge is 0.125 e. The van der Waals surface area contributed by atoms with Crippen molar-refractivity contribution in [1.82, 2.24) is 4.98 Å². The summed E-state index contributed by atoms with van der Waals surface area (Å²) in [6, 6.07) is 4.41. The second kappa shape index (κ2) is 11.0. The molecule has 0 atom stereocenters. The zero-order chi connectivity index (χ0) is 13.0. The molecule has 0 amide bonds. The van der Waals surface area contributed by atoms with Gasteiger partial charge >= 0.3 is 0 Å². The Bertz CT molecular complexity index is 158. The molecule has 2 heteroatoms. The maximum Gasteiger partial charge on any atom is 0.125 e. The summed E-state index contributed by atoms with van der Waals surface area (Å²) in [5, 5.41) is 0. The predicted molar refractivity (Wildman–Crippen MR) is 83.1 cm³/mol. The highest BCUT2D eigenvalue weighted by molar-refractivity contribution is 6.77. The Morgan fingerprint density at radius 1 is 0.882 bits per heavy atom. The number of nitrogens with one attached hydrogen (secondary N) is 1. The Morgan fingerprint density at radius 3 is 1.59 bits per heavy atom. The van der Waals surface area contributed by atoms with Gasteiger partial charge in [-0.15, -0.1) is 6.58 Å². The first-order valence-electron chi connectivity index (χ1n) is 7.60. The van der Waals surface area contributed by atoms with Gasteiger partial charge < -0.3 is 4.98 Å². The molecule has 0 spiro atoms. The maximum absolute atomic E-state index is 3.91. The van der Waals surface area contributed by atoms with E-state index in [1.54, 1.807) is 0 Å². The third-order valence-electron chi connectivity index (χ3n) is 3.65. The van der Waals surface area contributed by atoms with E-state index in [0.29, 0.717) is 0 Å². The molecule has 17 heavy (non-hydrogen) atoms. The average molecular weight is 256 g/mol. The first kappa shape index (κ1) is 16.9. The molecule has 0 heterocycles. The standard InChI is InChI=1S/C15H33NSi/c1-5-9-13-17(14-10-6-2,15-11-7-3)16-12-8-4/h8,16H,4-7,9-15H2,1-3H3. The van der Waals surface area contributed by atoms with E-state index >= 15 is 0 Å². The van der Waals surface area contributed by atoms with E-state index in [4.69, 9.17) is 0 Å². The molecule has 0 aromatic rings. The van der Waals surface area contributed by atoms with Crippen molar-refractivity contribution >= 4 is 8.24 Å². The van der Waals surface area contributed by atoms with Crippen LogP contribution in [0.4, 0.5) is 0 Å². The van der Waals surface area contributed by atoms with E-state index in [9.17, 15) is 0 Å². The lowest BCUT2D eigenvalue weighted by Crippen LogP contribution is -2.50. The average Bonchev–Trinajstić information content (AvgIpc) is 2.37. The van der Waals surface area contributed by atoms with E-state index in [2.05, 4.69) is 32.3 Å². The molecule has 102 valence electrons. The Balaban J connectivity index is 4.44. The van der Waals surface area contributed by atoms with Crippen molar-refractivity contribution < 1.29 is 0 Å². The van der Waals surface area contributed by atoms with Crippen molar-refractivity contribution in [3.05, 3.63) is 12.7 Å². The number of hydrogen-bond donors (Lipinski definition) is 1. The van der Waals surface area contributed by atoms with Gasteiger partial charge in [0, 0.05) is 6.54 Å². The number of unbranched alkanes of at least 4 members (excludes halogenated alkanes) is 3. The van der Waals surface area contributed by atoms with Crippen molar-refractivity contribution in [1.29, 1.82) is 0 Å². The second-order valence-electron chi connectivity index (χ2n) is 5.26. The van der Waals surface area contributed by atoms with Crippen LogP contribution in [-0.4, -0.2) is 14.8 Å². The minimum Gasteiger partial charge on any atom is -0.334 e. The number of rotatable bonds is 12. The molecule has 0 radical (unpaired) electrons. The van der Waals surface area contributed by atoms with Crippen LogP contribution in [0.15, 0.2) is 12.7 Å². The summed E-state index contributed by atoms with van der Waals surface area (Å²) < 4.78 is 0. The molecule has 0 saturated heterocycles. The highest BCUT2D eigenvalue weighted by atomic mass is 28.3. The fraction of sp³-hybridized carbons (Fsp3) is 0.867. The molecule has 1 nitrogen and oxygen atoms in total. The van der Waals surface area contributed by atoms with Gasteiger partial charge in [-0.25, -0.2) is 0 Å². The Labute approximate surface area is 110 Å². The molecule has 0 unspecified atom stereocenters. The largest absolute Gasteiger partial charge is 0.334 e. The van der Waals surface area contributed by atoms with Crippen molar-refractivity contribution in [2.75, 3.05) is 6.54 Å². The zero-order valence-corrected chi connectivity index (χ0v) is 13.4. The van der Waals surface area contributed by atoms with Crippen LogP contribution in [0.5, 0.6) is 0 Å². The lowest BCUT2D eigenvalue weighted by Gasteiger charge is -2.33. The van der Waals surface area contributed by atoms with E-state index in [0.717, 1.165) is 6.54 Å². The molecule has 0 aliphatic heterocycles. The molecule has 0 fully saturated rings. The van der Waals surface area contributed by atoms with Gasteiger partial charge in [-0.3, -0.25) is 0 Å². The first-order chi connectivity index (χ1) is 8.24. The molecule has 0 aromatic carbocycles. The summed E-state index contributed by atoms with van der Waals surface area (Å²) >= 11 is 0. The van der Waals surface area contributed by atoms with Crippen LogP contribution >= 0.6 is 0 Å². The van der Waals surface area contributed by atoms with Gasteiger partial charge in [0.15, 0.2) is 0 Å². The summed E-state index contributed by atoms with van der Waals surface area (Å²) in [5.74, 6) is 0. The van der Waals surface area contributed by atoms with Crippen LogP contribution in [0.2, 0.25) is 18.1 Å². The highest BCUT2D eigenvalue weighted by Crippen LogP contribution is 2.25. The maximum atomic E-state index is 3.91. The minimum atomic E-state index is -1.20.